The van der Waals surface area contributed by atoms with Gasteiger partial charge in [0.15, 0.2) is 0 Å². The normalized spacial score (nSPS) is 10.1. The molecule has 4 heteroatoms. The van der Waals surface area contributed by atoms with Gasteiger partial charge in [0.05, 0.1) is 5.69 Å². The Morgan fingerprint density at radius 1 is 1.22 bits per heavy atom. The Morgan fingerprint density at radius 3 is 2.56 bits per heavy atom. The number of hydrogen-bond donors (Lipinski definition) is 0. The summed E-state index contributed by atoms with van der Waals surface area (Å²) in [7, 11) is 0. The maximum Gasteiger partial charge on any atom is 0.273 e. The summed E-state index contributed by atoms with van der Waals surface area (Å²) in [5.74, 6) is 0. The molecule has 1 aromatic heterocycles. The van der Waals surface area contributed by atoms with Crippen LogP contribution in [0, 0.1) is 25.2 Å². The van der Waals surface area contributed by atoms with Crippen LogP contribution < -0.4 is 5.56 Å². The third-order valence-electron chi connectivity index (χ3n) is 2.81. The zero-order chi connectivity index (χ0) is 13.3. The summed E-state index contributed by atoms with van der Waals surface area (Å²) in [6, 6.07) is 10.9. The van der Waals surface area contributed by atoms with Crippen LogP contribution in [0.2, 0.25) is 0 Å². The summed E-state index contributed by atoms with van der Waals surface area (Å²) >= 11 is 3.45. The fourth-order valence-electron chi connectivity index (χ4n) is 1.76. The smallest absolute Gasteiger partial charge is 0.273 e. The molecule has 0 aliphatic rings. The van der Waals surface area contributed by atoms with Crippen LogP contribution in [0.25, 0.3) is 5.69 Å². The molecule has 0 N–H and O–H groups in total. The Balaban J connectivity index is 2.75. The van der Waals surface area contributed by atoms with E-state index in [9.17, 15) is 4.79 Å². The Kier molecular flexibility index (Phi) is 3.35. The van der Waals surface area contributed by atoms with Gasteiger partial charge in [-0.25, -0.2) is 0 Å². The molecule has 2 rings (SSSR count). The lowest BCUT2D eigenvalue weighted by Gasteiger charge is -2.11. The third-order valence-corrected chi connectivity index (χ3v) is 3.67. The van der Waals surface area contributed by atoms with Crippen molar-refractivity contribution >= 4 is 15.9 Å². The molecular formula is C14H11BrN2O. The van der Waals surface area contributed by atoms with Crippen molar-refractivity contribution in [3.63, 3.8) is 0 Å². The highest BCUT2D eigenvalue weighted by atomic mass is 79.9. The van der Waals surface area contributed by atoms with Crippen LogP contribution in [-0.2, 0) is 0 Å². The molecule has 0 unspecified atom stereocenters. The van der Waals surface area contributed by atoms with Gasteiger partial charge in [0, 0.05) is 10.2 Å². The van der Waals surface area contributed by atoms with E-state index in [1.165, 1.54) is 0 Å². The summed E-state index contributed by atoms with van der Waals surface area (Å²) in [4.78, 5) is 12.1. The molecule has 0 fully saturated rings. The molecule has 3 nitrogen and oxygen atoms in total. The predicted molar refractivity (Wildman–Crippen MR) is 73.9 cm³/mol. The Labute approximate surface area is 113 Å². The van der Waals surface area contributed by atoms with Crippen LogP contribution in [0.4, 0.5) is 0 Å². The summed E-state index contributed by atoms with van der Waals surface area (Å²) in [5.41, 5.74) is 2.52. The quantitative estimate of drug-likeness (QED) is 0.812. The topological polar surface area (TPSA) is 45.8 Å². The minimum atomic E-state index is -0.284. The number of rotatable bonds is 1. The first-order valence-corrected chi connectivity index (χ1v) is 6.23. The molecule has 0 radical (unpaired) electrons. The van der Waals surface area contributed by atoms with Crippen LogP contribution >= 0.6 is 15.9 Å². The van der Waals surface area contributed by atoms with Crippen molar-refractivity contribution in [1.82, 2.24) is 4.57 Å². The lowest BCUT2D eigenvalue weighted by atomic mass is 10.2. The molecule has 1 aromatic carbocycles. The largest absolute Gasteiger partial charge is 0.280 e. The molecule has 0 amide bonds. The van der Waals surface area contributed by atoms with Gasteiger partial charge in [-0.2, -0.15) is 5.26 Å². The molecule has 90 valence electrons. The van der Waals surface area contributed by atoms with Gasteiger partial charge in [-0.1, -0.05) is 22.0 Å². The van der Waals surface area contributed by atoms with Crippen LogP contribution in [-0.4, -0.2) is 4.57 Å². The molecular weight excluding hydrogens is 292 g/mol. The minimum absolute atomic E-state index is 0.150. The second-order valence-electron chi connectivity index (χ2n) is 4.07. The highest BCUT2D eigenvalue weighted by molar-refractivity contribution is 9.10. The Morgan fingerprint density at radius 2 is 1.94 bits per heavy atom. The van der Waals surface area contributed by atoms with Crippen molar-refractivity contribution in [3.8, 4) is 11.8 Å². The Hall–Kier alpha value is -1.86. The van der Waals surface area contributed by atoms with Crippen LogP contribution in [0.1, 0.15) is 16.8 Å². The summed E-state index contributed by atoms with van der Waals surface area (Å²) in [6.07, 6.45) is 0. The second-order valence-corrected chi connectivity index (χ2v) is 4.93. The molecule has 0 bridgehead atoms. The average molecular weight is 303 g/mol. The van der Waals surface area contributed by atoms with Gasteiger partial charge < -0.3 is 0 Å². The van der Waals surface area contributed by atoms with Crippen LogP contribution in [0.15, 0.2) is 39.6 Å². The fraction of sp³-hybridized carbons (Fsp3) is 0.143. The molecule has 1 heterocycles. The lowest BCUT2D eigenvalue weighted by Crippen LogP contribution is -2.22. The van der Waals surface area contributed by atoms with E-state index in [2.05, 4.69) is 15.9 Å². The van der Waals surface area contributed by atoms with Crippen LogP contribution in [0.5, 0.6) is 0 Å². The van der Waals surface area contributed by atoms with Gasteiger partial charge in [-0.05, 0) is 43.7 Å². The van der Waals surface area contributed by atoms with E-state index in [0.717, 1.165) is 21.4 Å². The molecule has 0 saturated carbocycles. The fourth-order valence-corrected chi connectivity index (χ4v) is 2.12. The molecule has 18 heavy (non-hydrogen) atoms. The highest BCUT2D eigenvalue weighted by Crippen LogP contribution is 2.20. The van der Waals surface area contributed by atoms with Crippen LogP contribution in [0.3, 0.4) is 0 Å². The van der Waals surface area contributed by atoms with Crippen molar-refractivity contribution in [2.75, 3.05) is 0 Å². The summed E-state index contributed by atoms with van der Waals surface area (Å²) in [6.45, 7) is 3.82. The number of hydrogen-bond acceptors (Lipinski definition) is 2. The number of nitrogens with zero attached hydrogens (tertiary/aromatic N) is 2. The van der Waals surface area contributed by atoms with E-state index in [1.54, 1.807) is 16.7 Å². The van der Waals surface area contributed by atoms with Crippen molar-refractivity contribution < 1.29 is 0 Å². The van der Waals surface area contributed by atoms with Gasteiger partial charge in [0.25, 0.3) is 5.56 Å². The minimum Gasteiger partial charge on any atom is -0.280 e. The lowest BCUT2D eigenvalue weighted by molar-refractivity contribution is 0.926. The molecule has 0 spiro atoms. The molecule has 0 aliphatic heterocycles. The third kappa shape index (κ3) is 2.09. The standard InChI is InChI=1S/C14H11BrN2O/c1-9-3-6-12(7-13(9)15)17-10(2)4-5-11(8-16)14(17)18/h3-7H,1-2H3. The molecule has 2 aromatic rings. The first-order valence-electron chi connectivity index (χ1n) is 5.44. The van der Waals surface area contributed by atoms with E-state index in [4.69, 9.17) is 5.26 Å². The number of nitriles is 1. The first-order chi connectivity index (χ1) is 8.54. The monoisotopic (exact) mass is 302 g/mol. The maximum atomic E-state index is 12.1. The summed E-state index contributed by atoms with van der Waals surface area (Å²) < 4.78 is 2.48. The zero-order valence-corrected chi connectivity index (χ0v) is 11.7. The first kappa shape index (κ1) is 12.6. The molecule has 0 saturated heterocycles. The molecule has 0 atom stereocenters. The van der Waals surface area contributed by atoms with Crippen molar-refractivity contribution in [2.45, 2.75) is 13.8 Å². The van der Waals surface area contributed by atoms with E-state index in [1.807, 2.05) is 38.1 Å². The van der Waals surface area contributed by atoms with Gasteiger partial charge in [0.1, 0.15) is 11.6 Å². The van der Waals surface area contributed by atoms with E-state index >= 15 is 0 Å². The second kappa shape index (κ2) is 4.79. The predicted octanol–water partition coefficient (Wildman–Crippen LogP) is 3.09. The van der Waals surface area contributed by atoms with E-state index in [-0.39, 0.29) is 11.1 Å². The number of aromatic nitrogens is 1. The highest BCUT2D eigenvalue weighted by Gasteiger charge is 2.08. The van der Waals surface area contributed by atoms with Gasteiger partial charge in [-0.3, -0.25) is 9.36 Å². The number of halogens is 1. The van der Waals surface area contributed by atoms with E-state index < -0.39 is 0 Å². The SMILES string of the molecule is Cc1ccc(-n2c(C)ccc(C#N)c2=O)cc1Br. The number of pyridine rings is 1. The van der Waals surface area contributed by atoms with Crippen molar-refractivity contribution in [2.24, 2.45) is 0 Å². The van der Waals surface area contributed by atoms with Gasteiger partial charge in [0.2, 0.25) is 0 Å². The zero-order valence-electron chi connectivity index (χ0n) is 10.1. The number of aryl methyl sites for hydroxylation is 2. The average Bonchev–Trinajstić information content (AvgIpc) is 2.34. The molecule has 0 aliphatic carbocycles. The Bertz CT molecular complexity index is 711. The van der Waals surface area contributed by atoms with Gasteiger partial charge in [-0.15, -0.1) is 0 Å². The maximum absolute atomic E-state index is 12.1. The van der Waals surface area contributed by atoms with Crippen molar-refractivity contribution in [1.29, 1.82) is 5.26 Å². The van der Waals surface area contributed by atoms with E-state index in [0.29, 0.717) is 0 Å². The summed E-state index contributed by atoms with van der Waals surface area (Å²) in [5, 5.41) is 8.91. The van der Waals surface area contributed by atoms with Gasteiger partial charge >= 0.3 is 0 Å². The number of benzene rings is 1. The van der Waals surface area contributed by atoms with Crippen molar-refractivity contribution in [3.05, 3.63) is 62.0 Å².